The van der Waals surface area contributed by atoms with Crippen LogP contribution in [-0.4, -0.2) is 48.9 Å². The van der Waals surface area contributed by atoms with E-state index in [2.05, 4.69) is 27.2 Å². The van der Waals surface area contributed by atoms with Crippen molar-refractivity contribution in [3.8, 4) is 0 Å². The Morgan fingerprint density at radius 1 is 1.00 bits per heavy atom. The Labute approximate surface area is 118 Å². The predicted octanol–water partition coefficient (Wildman–Crippen LogP) is 0.614. The minimum atomic E-state index is -0.144. The molecule has 0 spiro atoms. The van der Waals surface area contributed by atoms with Crippen LogP contribution in [0, 0.1) is 0 Å². The van der Waals surface area contributed by atoms with Gasteiger partial charge in [0, 0.05) is 38.3 Å². The zero-order chi connectivity index (χ0) is 13.9. The summed E-state index contributed by atoms with van der Waals surface area (Å²) in [4.78, 5) is 27.6. The molecule has 0 radical (unpaired) electrons. The molecule has 1 aromatic rings. The molecule has 1 atom stereocenters. The van der Waals surface area contributed by atoms with Gasteiger partial charge in [-0.05, 0) is 18.6 Å². The summed E-state index contributed by atoms with van der Waals surface area (Å²) in [5.41, 5.74) is 1.23. The smallest absolute Gasteiger partial charge is 0.243 e. The lowest BCUT2D eigenvalue weighted by molar-refractivity contribution is -0.137. The lowest BCUT2D eigenvalue weighted by atomic mass is 10.0. The molecule has 2 saturated heterocycles. The van der Waals surface area contributed by atoms with Gasteiger partial charge < -0.3 is 4.90 Å². The topological polar surface area (TPSA) is 52.7 Å². The zero-order valence-corrected chi connectivity index (χ0v) is 11.4. The minimum Gasteiger partial charge on any atom is -0.369 e. The number of amides is 2. The maximum absolute atomic E-state index is 11.9. The number of piperidine rings is 1. The fourth-order valence-electron chi connectivity index (χ4n) is 2.96. The summed E-state index contributed by atoms with van der Waals surface area (Å²) in [6.45, 7) is 3.56. The summed E-state index contributed by atoms with van der Waals surface area (Å²) in [6.07, 6.45) is 1.10. The lowest BCUT2D eigenvalue weighted by Gasteiger charge is -2.40. The first kappa shape index (κ1) is 13.1. The number of hydrogen-bond acceptors (Lipinski definition) is 4. The Balaban J connectivity index is 1.59. The van der Waals surface area contributed by atoms with Crippen LogP contribution in [0.4, 0.5) is 5.69 Å². The number of carbonyl (C=O) groups excluding carboxylic acids is 2. The van der Waals surface area contributed by atoms with Gasteiger partial charge in [-0.2, -0.15) is 0 Å². The van der Waals surface area contributed by atoms with Gasteiger partial charge in [0.05, 0.1) is 6.04 Å². The van der Waals surface area contributed by atoms with E-state index >= 15 is 0 Å². The van der Waals surface area contributed by atoms with Crippen LogP contribution in [0.15, 0.2) is 30.3 Å². The Hall–Kier alpha value is -1.88. The number of imide groups is 1. The van der Waals surface area contributed by atoms with E-state index in [1.54, 1.807) is 0 Å². The van der Waals surface area contributed by atoms with E-state index in [-0.39, 0.29) is 17.9 Å². The monoisotopic (exact) mass is 273 g/mol. The van der Waals surface area contributed by atoms with Crippen LogP contribution in [0.2, 0.25) is 0 Å². The third-order valence-electron chi connectivity index (χ3n) is 4.09. The number of rotatable bonds is 2. The molecule has 0 aliphatic carbocycles. The number of piperazine rings is 1. The van der Waals surface area contributed by atoms with Gasteiger partial charge >= 0.3 is 0 Å². The van der Waals surface area contributed by atoms with Crippen molar-refractivity contribution >= 4 is 17.5 Å². The molecular formula is C15H19N3O2. The molecular weight excluding hydrogens is 254 g/mol. The number of anilines is 1. The van der Waals surface area contributed by atoms with Gasteiger partial charge in [-0.3, -0.25) is 19.8 Å². The van der Waals surface area contributed by atoms with Gasteiger partial charge in [-0.15, -0.1) is 0 Å². The molecule has 2 aliphatic heterocycles. The molecule has 1 N–H and O–H groups in total. The van der Waals surface area contributed by atoms with Crippen LogP contribution < -0.4 is 10.2 Å². The van der Waals surface area contributed by atoms with E-state index in [1.807, 2.05) is 18.2 Å². The van der Waals surface area contributed by atoms with Crippen LogP contribution in [0.25, 0.3) is 0 Å². The molecule has 5 nitrogen and oxygen atoms in total. The van der Waals surface area contributed by atoms with Crippen molar-refractivity contribution in [2.75, 3.05) is 31.1 Å². The third-order valence-corrected chi connectivity index (χ3v) is 4.09. The number of nitrogens with one attached hydrogen (secondary N) is 1. The Morgan fingerprint density at radius 2 is 1.70 bits per heavy atom. The molecule has 2 amide bonds. The summed E-state index contributed by atoms with van der Waals surface area (Å²) in [7, 11) is 0. The second-order valence-corrected chi connectivity index (χ2v) is 5.33. The van der Waals surface area contributed by atoms with E-state index < -0.39 is 0 Å². The average Bonchev–Trinajstić information content (AvgIpc) is 2.48. The molecule has 106 valence electrons. The number of benzene rings is 1. The molecule has 20 heavy (non-hydrogen) atoms. The van der Waals surface area contributed by atoms with E-state index in [0.717, 1.165) is 26.2 Å². The summed E-state index contributed by atoms with van der Waals surface area (Å²) >= 11 is 0. The molecule has 0 saturated carbocycles. The number of carbonyl (C=O) groups is 2. The molecule has 1 unspecified atom stereocenters. The summed E-state index contributed by atoms with van der Waals surface area (Å²) in [5.74, 6) is -0.274. The van der Waals surface area contributed by atoms with Crippen molar-refractivity contribution in [1.82, 2.24) is 10.2 Å². The highest BCUT2D eigenvalue weighted by Crippen LogP contribution is 2.19. The van der Waals surface area contributed by atoms with Crippen molar-refractivity contribution in [3.63, 3.8) is 0 Å². The summed E-state index contributed by atoms with van der Waals surface area (Å²) in [5, 5.41) is 2.44. The first-order valence-corrected chi connectivity index (χ1v) is 7.12. The third kappa shape index (κ3) is 2.67. The highest BCUT2D eigenvalue weighted by Gasteiger charge is 2.33. The van der Waals surface area contributed by atoms with Gasteiger partial charge in [0.25, 0.3) is 0 Å². The van der Waals surface area contributed by atoms with Crippen molar-refractivity contribution in [3.05, 3.63) is 30.3 Å². The van der Waals surface area contributed by atoms with Crippen LogP contribution in [-0.2, 0) is 9.59 Å². The fraction of sp³-hybridized carbons (Fsp3) is 0.467. The second kappa shape index (κ2) is 5.63. The van der Waals surface area contributed by atoms with Gasteiger partial charge in [0.15, 0.2) is 0 Å². The highest BCUT2D eigenvalue weighted by molar-refractivity contribution is 6.00. The molecule has 1 aromatic carbocycles. The van der Waals surface area contributed by atoms with Gasteiger partial charge in [-0.25, -0.2) is 0 Å². The quantitative estimate of drug-likeness (QED) is 0.802. The van der Waals surface area contributed by atoms with Gasteiger partial charge in [-0.1, -0.05) is 18.2 Å². The molecule has 2 aliphatic rings. The van der Waals surface area contributed by atoms with Crippen molar-refractivity contribution in [2.45, 2.75) is 18.9 Å². The van der Waals surface area contributed by atoms with E-state index in [1.165, 1.54) is 5.69 Å². The number of nitrogens with zero attached hydrogens (tertiary/aromatic N) is 2. The number of hydrogen-bond donors (Lipinski definition) is 1. The second-order valence-electron chi connectivity index (χ2n) is 5.33. The predicted molar refractivity (Wildman–Crippen MR) is 76.4 cm³/mol. The zero-order valence-electron chi connectivity index (χ0n) is 11.4. The first-order chi connectivity index (χ1) is 9.74. The largest absolute Gasteiger partial charge is 0.369 e. The number of para-hydroxylation sites is 1. The van der Waals surface area contributed by atoms with E-state index in [9.17, 15) is 9.59 Å². The Morgan fingerprint density at radius 3 is 2.35 bits per heavy atom. The summed E-state index contributed by atoms with van der Waals surface area (Å²) in [6, 6.07) is 10.2. The van der Waals surface area contributed by atoms with Crippen molar-refractivity contribution in [2.24, 2.45) is 0 Å². The average molecular weight is 273 g/mol. The van der Waals surface area contributed by atoms with E-state index in [0.29, 0.717) is 12.8 Å². The Bertz CT molecular complexity index is 495. The molecule has 0 bridgehead atoms. The van der Waals surface area contributed by atoms with Crippen LogP contribution in [0.1, 0.15) is 12.8 Å². The molecule has 2 heterocycles. The molecule has 0 aromatic heterocycles. The molecule has 5 heteroatoms. The lowest BCUT2D eigenvalue weighted by Crippen LogP contribution is -2.57. The first-order valence-electron chi connectivity index (χ1n) is 7.12. The van der Waals surface area contributed by atoms with Crippen LogP contribution >= 0.6 is 0 Å². The van der Waals surface area contributed by atoms with Gasteiger partial charge in [0.1, 0.15) is 0 Å². The summed E-state index contributed by atoms with van der Waals surface area (Å²) < 4.78 is 0. The normalized spacial score (nSPS) is 24.6. The standard InChI is InChI=1S/C15H19N3O2/c19-14-7-6-13(15(20)16-14)18-10-8-17(9-11-18)12-4-2-1-3-5-12/h1-5,13H,6-11H2,(H,16,19,20). The van der Waals surface area contributed by atoms with Crippen molar-refractivity contribution in [1.29, 1.82) is 0 Å². The minimum absolute atomic E-state index is 0.130. The maximum Gasteiger partial charge on any atom is 0.243 e. The highest BCUT2D eigenvalue weighted by atomic mass is 16.2. The van der Waals surface area contributed by atoms with Gasteiger partial charge in [0.2, 0.25) is 11.8 Å². The molecule has 2 fully saturated rings. The van der Waals surface area contributed by atoms with Crippen LogP contribution in [0.5, 0.6) is 0 Å². The van der Waals surface area contributed by atoms with Crippen molar-refractivity contribution < 1.29 is 9.59 Å². The van der Waals surface area contributed by atoms with Crippen LogP contribution in [0.3, 0.4) is 0 Å². The molecule has 3 rings (SSSR count). The Kier molecular flexibility index (Phi) is 3.69. The van der Waals surface area contributed by atoms with E-state index in [4.69, 9.17) is 0 Å². The fourth-order valence-corrected chi connectivity index (χ4v) is 2.96. The SMILES string of the molecule is O=C1CCC(N2CCN(c3ccccc3)CC2)C(=O)N1. The maximum atomic E-state index is 11.9.